The smallest absolute Gasteiger partial charge is 0.507 e. The molecule has 0 aromatic heterocycles. The molecule has 0 spiro atoms. The Hall–Kier alpha value is -3.59. The summed E-state index contributed by atoms with van der Waals surface area (Å²) in [5.74, 6) is -7.99. The minimum atomic E-state index is -1.98. The number of phenolic OH excluding ortho intramolecular Hbond substituents is 3. The molecule has 0 fully saturated rings. The van der Waals surface area contributed by atoms with Crippen molar-refractivity contribution in [2.45, 2.75) is 85.6 Å². The van der Waals surface area contributed by atoms with Crippen molar-refractivity contribution < 1.29 is 88.4 Å². The van der Waals surface area contributed by atoms with E-state index in [0.717, 1.165) is 6.07 Å². The van der Waals surface area contributed by atoms with E-state index in [1.54, 1.807) is 39.8 Å². The van der Waals surface area contributed by atoms with Crippen LogP contribution in [0.2, 0.25) is 0 Å². The third-order valence-corrected chi connectivity index (χ3v) is 9.84. The van der Waals surface area contributed by atoms with Gasteiger partial charge in [0.2, 0.25) is 0 Å². The van der Waals surface area contributed by atoms with Crippen LogP contribution in [0.4, 0.5) is 5.69 Å². The Morgan fingerprint density at radius 3 is 2.20 bits per heavy atom. The van der Waals surface area contributed by atoms with E-state index < -0.39 is 88.8 Å². The molecule has 3 aliphatic heterocycles. The van der Waals surface area contributed by atoms with Gasteiger partial charge in [0, 0.05) is 67.2 Å². The molecule has 5 rings (SSSR count). The van der Waals surface area contributed by atoms with Crippen LogP contribution in [0.15, 0.2) is 42.2 Å². The number of amides is 1. The molecule has 2 aromatic rings. The molecule has 6 N–H and O–H groups in total. The number of aromatic hydroxyl groups is 3. The zero-order valence-corrected chi connectivity index (χ0v) is 32.7. The van der Waals surface area contributed by atoms with Crippen molar-refractivity contribution in [3.8, 4) is 23.0 Å². The topological polar surface area (TPSA) is 201 Å². The summed E-state index contributed by atoms with van der Waals surface area (Å²) in [6.07, 6.45) is 3.62. The van der Waals surface area contributed by atoms with Crippen LogP contribution in [0.3, 0.4) is 0 Å². The van der Waals surface area contributed by atoms with Crippen molar-refractivity contribution in [2.75, 3.05) is 12.4 Å². The van der Waals surface area contributed by atoms with Gasteiger partial charge >= 0.3 is 41.3 Å². The van der Waals surface area contributed by atoms with Gasteiger partial charge in [-0.1, -0.05) is 45.9 Å². The van der Waals surface area contributed by atoms with Gasteiger partial charge in [0.05, 0.1) is 41.2 Å². The van der Waals surface area contributed by atoms with Crippen LogP contribution in [0.25, 0.3) is 10.8 Å². The number of aliphatic hydroxyl groups is 2. The van der Waals surface area contributed by atoms with Crippen molar-refractivity contribution >= 4 is 34.1 Å². The number of benzene rings is 2. The number of anilines is 1. The predicted octanol–water partition coefficient (Wildman–Crippen LogP) is 1.76. The number of Topliss-reactive ketones (excluding diaryl/α,β-unsaturated/α-hetero) is 1. The summed E-state index contributed by atoms with van der Waals surface area (Å²) in [4.78, 5) is 39.2. The normalized spacial score (nSPS) is 32.6. The van der Waals surface area contributed by atoms with E-state index in [4.69, 9.17) is 18.9 Å². The first-order valence-corrected chi connectivity index (χ1v) is 16.4. The van der Waals surface area contributed by atoms with Crippen LogP contribution < -0.4 is 39.6 Å². The number of allylic oxidation sites excluding steroid dienone is 2. The number of fused-ring (bicyclic) bond motifs is 14. The van der Waals surface area contributed by atoms with Gasteiger partial charge in [-0.25, -0.2) is 0 Å². The minimum Gasteiger partial charge on any atom is -0.507 e. The fraction of sp³-hybridized carbons (Fsp3) is 0.486. The molecule has 3 aliphatic rings. The molecule has 0 saturated heterocycles. The minimum absolute atomic E-state index is 0. The van der Waals surface area contributed by atoms with Gasteiger partial charge in [0.1, 0.15) is 23.4 Å². The summed E-state index contributed by atoms with van der Waals surface area (Å²) in [6.45, 7) is 12.5. The fourth-order valence-electron chi connectivity index (χ4n) is 6.65. The molecule has 9 atom stereocenters. The van der Waals surface area contributed by atoms with E-state index in [0.29, 0.717) is 0 Å². The maximum Gasteiger partial charge on any atom is 1.00 e. The average Bonchev–Trinajstić information content (AvgIpc) is 3.33. The molecule has 0 saturated carbocycles. The van der Waals surface area contributed by atoms with Gasteiger partial charge < -0.3 is 49.8 Å². The Kier molecular flexibility index (Phi) is 13.4. The van der Waals surface area contributed by atoms with E-state index in [1.807, 2.05) is 0 Å². The van der Waals surface area contributed by atoms with Gasteiger partial charge in [0.25, 0.3) is 11.7 Å². The fourth-order valence-corrected chi connectivity index (χ4v) is 6.65. The number of ether oxygens (including phenoxy) is 4. The van der Waals surface area contributed by atoms with Gasteiger partial charge in [-0.2, -0.15) is 0 Å². The van der Waals surface area contributed by atoms with Crippen LogP contribution >= 0.6 is 0 Å². The summed E-state index contributed by atoms with van der Waals surface area (Å²) in [5.41, 5.74) is -0.0929. The molecule has 5 bridgehead atoms. The third-order valence-electron chi connectivity index (χ3n) is 9.84. The molecule has 0 aliphatic carbocycles. The van der Waals surface area contributed by atoms with Crippen molar-refractivity contribution in [1.82, 2.24) is 0 Å². The Morgan fingerprint density at radius 2 is 1.59 bits per heavy atom. The van der Waals surface area contributed by atoms with Gasteiger partial charge in [-0.05, 0) is 19.9 Å². The number of hydrogen-bond acceptors (Lipinski definition) is 12. The van der Waals surface area contributed by atoms with Crippen LogP contribution in [0.5, 0.6) is 23.0 Å². The zero-order chi connectivity index (χ0) is 37.4. The first-order chi connectivity index (χ1) is 23.4. The zero-order valence-electron chi connectivity index (χ0n) is 30.7. The summed E-state index contributed by atoms with van der Waals surface area (Å²) < 4.78 is 23.2. The average molecular weight is 721 g/mol. The number of methoxy groups -OCH3 is 1. The van der Waals surface area contributed by atoms with Crippen LogP contribution in [0, 0.1) is 30.6 Å². The maximum absolute atomic E-state index is 13.9. The number of nitrogens with one attached hydrogen (secondary N) is 1. The van der Waals surface area contributed by atoms with Crippen molar-refractivity contribution in [3.63, 3.8) is 0 Å². The molecule has 2 aromatic carbocycles. The molecule has 0 unspecified atom stereocenters. The second-order valence-electron chi connectivity index (χ2n) is 13.4. The number of esters is 1. The molecule has 3 heterocycles. The summed E-state index contributed by atoms with van der Waals surface area (Å²) in [5, 5.41) is 58.2. The Bertz CT molecular complexity index is 1770. The number of hydrogen-bond donors (Lipinski definition) is 6. The maximum atomic E-state index is 13.9. The predicted molar refractivity (Wildman–Crippen MR) is 184 cm³/mol. The molecule has 1 amide bonds. The first-order valence-electron chi connectivity index (χ1n) is 16.4. The third kappa shape index (κ3) is 8.08. The van der Waals surface area contributed by atoms with Crippen molar-refractivity contribution in [1.29, 1.82) is 0 Å². The van der Waals surface area contributed by atoms with Crippen LogP contribution in [-0.4, -0.2) is 80.5 Å². The second-order valence-corrected chi connectivity index (χ2v) is 13.4. The summed E-state index contributed by atoms with van der Waals surface area (Å²) in [6, 6.07) is 1.06. The standard InChI is InChI=1S/C37H47NO12.Na/c1-16-11-10-12-17(2)36(46)38-23-15-24(40)26-27(32(23)44)31(43)21(6)34-28(26)35(45)37(8,50-34)48-14-13-25(47-9)18(3)33(49-22(7)39)20(5)30(42)19(4)29(16)41;/h10-16,18-20,25,29-30,33,40-44H,1-9H3,(H,38,46);/q;+1/b11-10+,14-13+,17-12-;/t16-,18+,19+,20+,25-,29-,30+,33+,37-;/m0./s1. The SMILES string of the molecule is CO[C@H]1/C=C/O[C@@]2(C)Oc3c(C)c(O)c4c(O)c(cc(O)c4c3C2=O)NC(=O)/C(C)=C\C=C\[C@H](C)[C@H](O)[C@@H](C)[C@@H](O)[C@@H](C)[C@H](OC(C)=O)[C@@H]1C.[Na+]. The Labute approximate surface area is 319 Å². The molecule has 51 heavy (non-hydrogen) atoms. The largest absolute Gasteiger partial charge is 1.00 e. The molecule has 14 heteroatoms. The van der Waals surface area contributed by atoms with E-state index in [-0.39, 0.29) is 68.5 Å². The molecule has 272 valence electrons. The number of ketones is 1. The molecular weight excluding hydrogens is 673 g/mol. The molecule has 0 radical (unpaired) electrons. The first kappa shape index (κ1) is 41.8. The van der Waals surface area contributed by atoms with Crippen molar-refractivity contribution in [3.05, 3.63) is 53.3 Å². The van der Waals surface area contributed by atoms with E-state index in [9.17, 15) is 39.9 Å². The van der Waals surface area contributed by atoms with Gasteiger partial charge in [-0.15, -0.1) is 0 Å². The number of phenols is 3. The van der Waals surface area contributed by atoms with E-state index in [1.165, 1.54) is 53.2 Å². The number of aliphatic hydroxyl groups excluding tert-OH is 2. The second kappa shape index (κ2) is 16.4. The summed E-state index contributed by atoms with van der Waals surface area (Å²) in [7, 11) is 1.43. The van der Waals surface area contributed by atoms with E-state index in [2.05, 4.69) is 5.32 Å². The molecule has 13 nitrogen and oxygen atoms in total. The van der Waals surface area contributed by atoms with Crippen LogP contribution in [-0.2, 0) is 23.8 Å². The summed E-state index contributed by atoms with van der Waals surface area (Å²) >= 11 is 0. The number of carbonyl (C=O) groups excluding carboxylic acids is 3. The van der Waals surface area contributed by atoms with Crippen molar-refractivity contribution in [2.24, 2.45) is 23.7 Å². The number of carbonyl (C=O) groups is 3. The van der Waals surface area contributed by atoms with Gasteiger partial charge in [-0.3, -0.25) is 14.4 Å². The monoisotopic (exact) mass is 720 g/mol. The Balaban J connectivity index is 0.00000702. The molecular formula is C37H47NNaO12+. The van der Waals surface area contributed by atoms with Crippen LogP contribution in [0.1, 0.15) is 64.4 Å². The van der Waals surface area contributed by atoms with E-state index >= 15 is 0 Å². The van der Waals surface area contributed by atoms with Gasteiger partial charge in [0.15, 0.2) is 5.75 Å². The number of rotatable bonds is 2. The quantitative estimate of drug-likeness (QED) is 0.114. The Morgan fingerprint density at radius 1 is 0.941 bits per heavy atom.